The number of nitrogens with one attached hydrogen (secondary N) is 1. The topological polar surface area (TPSA) is 54.9 Å². The van der Waals surface area contributed by atoms with Crippen molar-refractivity contribution in [1.82, 2.24) is 15.5 Å². The van der Waals surface area contributed by atoms with Crippen molar-refractivity contribution in [3.63, 3.8) is 0 Å². The number of carbonyl (C=O) groups excluding carboxylic acids is 1. The van der Waals surface area contributed by atoms with Crippen molar-refractivity contribution in [3.8, 4) is 0 Å². The summed E-state index contributed by atoms with van der Waals surface area (Å²) in [6.45, 7) is 2.24. The van der Waals surface area contributed by atoms with E-state index in [0.717, 1.165) is 20.9 Å². The Labute approximate surface area is 159 Å². The van der Waals surface area contributed by atoms with Crippen LogP contribution in [0.5, 0.6) is 0 Å². The van der Waals surface area contributed by atoms with E-state index in [9.17, 15) is 4.79 Å². The van der Waals surface area contributed by atoms with Gasteiger partial charge in [-0.25, -0.2) is 0 Å². The standard InChI is InChI=1S/C16H21N3OS4/c1-11-5-2-3-7-13(11)17-14(20)10-23-16-19-18-15(24-16)22-9-12-6-4-8-21-12/h4,6,8,11,13H,2-3,5,7,9-10H2,1H3,(H,17,20). The van der Waals surface area contributed by atoms with Crippen molar-refractivity contribution in [3.05, 3.63) is 22.4 Å². The molecule has 4 nitrogen and oxygen atoms in total. The average molecular weight is 400 g/mol. The van der Waals surface area contributed by atoms with Gasteiger partial charge in [0, 0.05) is 16.7 Å². The normalized spacial score (nSPS) is 20.9. The zero-order chi connectivity index (χ0) is 16.8. The molecule has 0 saturated heterocycles. The van der Waals surface area contributed by atoms with Crippen LogP contribution in [0.25, 0.3) is 0 Å². The first-order valence-corrected chi connectivity index (χ1v) is 11.8. The van der Waals surface area contributed by atoms with Crippen molar-refractivity contribution in [1.29, 1.82) is 0 Å². The fourth-order valence-corrected chi connectivity index (χ4v) is 6.35. The van der Waals surface area contributed by atoms with Gasteiger partial charge in [0.25, 0.3) is 0 Å². The highest BCUT2D eigenvalue weighted by atomic mass is 32.2. The van der Waals surface area contributed by atoms with E-state index in [1.165, 1.54) is 35.9 Å². The molecule has 1 N–H and O–H groups in total. The van der Waals surface area contributed by atoms with E-state index in [-0.39, 0.29) is 5.91 Å². The van der Waals surface area contributed by atoms with Gasteiger partial charge in [0.15, 0.2) is 8.68 Å². The predicted octanol–water partition coefficient (Wildman–Crippen LogP) is 4.68. The summed E-state index contributed by atoms with van der Waals surface area (Å²) in [5.41, 5.74) is 0. The SMILES string of the molecule is CC1CCCCC1NC(=O)CSc1nnc(SCc2cccs2)s1. The van der Waals surface area contributed by atoms with Crippen molar-refractivity contribution in [2.24, 2.45) is 5.92 Å². The highest BCUT2D eigenvalue weighted by Gasteiger charge is 2.22. The number of thiophene rings is 1. The van der Waals surface area contributed by atoms with Crippen molar-refractivity contribution >= 4 is 52.1 Å². The van der Waals surface area contributed by atoms with Crippen molar-refractivity contribution < 1.29 is 4.79 Å². The first kappa shape index (κ1) is 18.2. The van der Waals surface area contributed by atoms with Gasteiger partial charge in [-0.3, -0.25) is 4.79 Å². The number of carbonyl (C=O) groups is 1. The third-order valence-electron chi connectivity index (χ3n) is 4.09. The van der Waals surface area contributed by atoms with Gasteiger partial charge in [-0.15, -0.1) is 21.5 Å². The molecule has 1 aliphatic carbocycles. The molecule has 130 valence electrons. The first-order chi connectivity index (χ1) is 11.7. The van der Waals surface area contributed by atoms with Crippen molar-refractivity contribution in [2.75, 3.05) is 5.75 Å². The van der Waals surface area contributed by atoms with Gasteiger partial charge in [-0.1, -0.05) is 60.7 Å². The molecule has 0 bridgehead atoms. The maximum atomic E-state index is 12.1. The van der Waals surface area contributed by atoms with Crippen LogP contribution >= 0.6 is 46.2 Å². The molecule has 2 aromatic rings. The van der Waals surface area contributed by atoms with E-state index in [0.29, 0.717) is 17.7 Å². The molecule has 1 aliphatic rings. The van der Waals surface area contributed by atoms with Gasteiger partial charge in [0.2, 0.25) is 5.91 Å². The molecule has 1 amide bonds. The Hall–Kier alpha value is -0.570. The molecule has 0 aliphatic heterocycles. The maximum Gasteiger partial charge on any atom is 0.230 e. The number of nitrogens with zero attached hydrogens (tertiary/aromatic N) is 2. The number of hydrogen-bond acceptors (Lipinski definition) is 7. The fraction of sp³-hybridized carbons (Fsp3) is 0.562. The first-order valence-electron chi connectivity index (χ1n) is 8.11. The van der Waals surface area contributed by atoms with E-state index < -0.39 is 0 Å². The lowest BCUT2D eigenvalue weighted by Gasteiger charge is -2.29. The summed E-state index contributed by atoms with van der Waals surface area (Å²) in [6, 6.07) is 4.54. The molecular weight excluding hydrogens is 378 g/mol. The van der Waals surface area contributed by atoms with Gasteiger partial charge < -0.3 is 5.32 Å². The van der Waals surface area contributed by atoms with Gasteiger partial charge in [-0.05, 0) is 30.2 Å². The Kier molecular flexibility index (Phi) is 7.00. The zero-order valence-electron chi connectivity index (χ0n) is 13.6. The average Bonchev–Trinajstić information content (AvgIpc) is 3.25. The van der Waals surface area contributed by atoms with E-state index in [1.807, 2.05) is 0 Å². The predicted molar refractivity (Wildman–Crippen MR) is 104 cm³/mol. The van der Waals surface area contributed by atoms with E-state index in [2.05, 4.69) is 40.0 Å². The quantitative estimate of drug-likeness (QED) is 0.685. The molecule has 2 atom stereocenters. The fourth-order valence-electron chi connectivity index (χ4n) is 2.75. The third-order valence-corrected chi connectivity index (χ3v) is 8.39. The van der Waals surface area contributed by atoms with Crippen molar-refractivity contribution in [2.45, 2.75) is 53.1 Å². The lowest BCUT2D eigenvalue weighted by molar-refractivity contribution is -0.119. The molecule has 3 rings (SSSR count). The van der Waals surface area contributed by atoms with Crippen LogP contribution in [-0.4, -0.2) is 27.9 Å². The van der Waals surface area contributed by atoms with Gasteiger partial charge in [0.05, 0.1) is 5.75 Å². The molecule has 0 radical (unpaired) electrons. The minimum Gasteiger partial charge on any atom is -0.352 e. The summed E-state index contributed by atoms with van der Waals surface area (Å²) in [5.74, 6) is 2.06. The number of aromatic nitrogens is 2. The van der Waals surface area contributed by atoms with Gasteiger partial charge in [0.1, 0.15) is 0 Å². The van der Waals surface area contributed by atoms with Crippen LogP contribution in [-0.2, 0) is 10.5 Å². The van der Waals surface area contributed by atoms with Crippen LogP contribution in [0.2, 0.25) is 0 Å². The Bertz CT molecular complexity index is 644. The summed E-state index contributed by atoms with van der Waals surface area (Å²) in [5, 5.41) is 13.7. The van der Waals surface area contributed by atoms with Crippen LogP contribution < -0.4 is 5.32 Å². The molecule has 24 heavy (non-hydrogen) atoms. The molecule has 2 aromatic heterocycles. The summed E-state index contributed by atoms with van der Waals surface area (Å²) in [6.07, 6.45) is 4.85. The summed E-state index contributed by atoms with van der Waals surface area (Å²) >= 11 is 6.52. The summed E-state index contributed by atoms with van der Waals surface area (Å²) < 4.78 is 1.84. The second kappa shape index (κ2) is 9.22. The summed E-state index contributed by atoms with van der Waals surface area (Å²) in [7, 11) is 0. The lowest BCUT2D eigenvalue weighted by atomic mass is 9.86. The Morgan fingerprint density at radius 1 is 1.29 bits per heavy atom. The van der Waals surface area contributed by atoms with E-state index in [1.54, 1.807) is 34.4 Å². The lowest BCUT2D eigenvalue weighted by Crippen LogP contribution is -2.41. The Balaban J connectivity index is 1.40. The van der Waals surface area contributed by atoms with E-state index in [4.69, 9.17) is 0 Å². The minimum atomic E-state index is 0.113. The number of amides is 1. The number of hydrogen-bond donors (Lipinski definition) is 1. The zero-order valence-corrected chi connectivity index (χ0v) is 16.8. The van der Waals surface area contributed by atoms with Gasteiger partial charge >= 0.3 is 0 Å². The van der Waals surface area contributed by atoms with Crippen LogP contribution in [0.1, 0.15) is 37.5 Å². The van der Waals surface area contributed by atoms with Crippen LogP contribution in [0.3, 0.4) is 0 Å². The van der Waals surface area contributed by atoms with Gasteiger partial charge in [-0.2, -0.15) is 0 Å². The number of thioether (sulfide) groups is 2. The largest absolute Gasteiger partial charge is 0.352 e. The molecular formula is C16H21N3OS4. The third kappa shape index (κ3) is 5.47. The second-order valence-corrected chi connectivity index (χ2v) is 10.4. The molecule has 0 spiro atoms. The maximum absolute atomic E-state index is 12.1. The highest BCUT2D eigenvalue weighted by molar-refractivity contribution is 8.03. The molecule has 2 heterocycles. The highest BCUT2D eigenvalue weighted by Crippen LogP contribution is 2.31. The number of rotatable bonds is 7. The molecule has 0 aromatic carbocycles. The second-order valence-electron chi connectivity index (χ2n) is 5.93. The Morgan fingerprint density at radius 3 is 2.83 bits per heavy atom. The summed E-state index contributed by atoms with van der Waals surface area (Å²) in [4.78, 5) is 13.5. The Morgan fingerprint density at radius 2 is 2.08 bits per heavy atom. The minimum absolute atomic E-state index is 0.113. The molecule has 1 saturated carbocycles. The van der Waals surface area contributed by atoms with E-state index >= 15 is 0 Å². The van der Waals surface area contributed by atoms with Crippen LogP contribution in [0.15, 0.2) is 26.2 Å². The molecule has 1 fully saturated rings. The monoisotopic (exact) mass is 399 g/mol. The van der Waals surface area contributed by atoms with Crippen LogP contribution in [0.4, 0.5) is 0 Å². The molecule has 8 heteroatoms. The smallest absolute Gasteiger partial charge is 0.230 e. The van der Waals surface area contributed by atoms with Crippen LogP contribution in [0, 0.1) is 5.92 Å². The molecule has 2 unspecified atom stereocenters.